The van der Waals surface area contributed by atoms with E-state index in [4.69, 9.17) is 11.6 Å². The van der Waals surface area contributed by atoms with Crippen LogP contribution in [0.5, 0.6) is 5.75 Å². The third kappa shape index (κ3) is 5.15. The van der Waals surface area contributed by atoms with Crippen molar-refractivity contribution in [1.29, 1.82) is 0 Å². The molecule has 0 bridgehead atoms. The molecule has 0 saturated heterocycles. The molecular weight excluding hydrogens is 434 g/mol. The highest BCUT2D eigenvalue weighted by molar-refractivity contribution is 6.32. The summed E-state index contributed by atoms with van der Waals surface area (Å²) < 4.78 is 30.4. The second-order valence-corrected chi connectivity index (χ2v) is 7.02. The molecule has 0 unspecified atom stereocenters. The summed E-state index contributed by atoms with van der Waals surface area (Å²) in [4.78, 5) is 23.1. The molecule has 1 heterocycles. The first-order valence-corrected chi connectivity index (χ1v) is 9.36. The lowest BCUT2D eigenvalue weighted by Gasteiger charge is -2.10. The van der Waals surface area contributed by atoms with Gasteiger partial charge in [0.15, 0.2) is 0 Å². The van der Waals surface area contributed by atoms with Crippen LogP contribution in [0.2, 0.25) is 5.02 Å². The Labute approximate surface area is 180 Å². The molecule has 162 valence electrons. The third-order valence-electron chi connectivity index (χ3n) is 4.48. The molecule has 0 atom stereocenters. The monoisotopic (exact) mass is 450 g/mol. The number of carbonyl (C=O) groups excluding carboxylic acids is 1. The molecule has 0 saturated carbocycles. The molecule has 0 radical (unpaired) electrons. The SMILES string of the molecule is Cc1nn(Cc2ccc(C(=O)Nc3ccc(OC(F)F)c(Cl)c3)cc2)c(C)c1[N+](=O)[O-]. The number of anilines is 1. The van der Waals surface area contributed by atoms with Gasteiger partial charge in [0.25, 0.3) is 5.91 Å². The van der Waals surface area contributed by atoms with Gasteiger partial charge in [-0.2, -0.15) is 13.9 Å². The first-order chi connectivity index (χ1) is 14.7. The number of amides is 1. The van der Waals surface area contributed by atoms with Crippen molar-refractivity contribution in [2.45, 2.75) is 27.0 Å². The Hall–Kier alpha value is -3.53. The van der Waals surface area contributed by atoms with Gasteiger partial charge in [-0.05, 0) is 49.7 Å². The highest BCUT2D eigenvalue weighted by Crippen LogP contribution is 2.29. The van der Waals surface area contributed by atoms with Gasteiger partial charge in [0.1, 0.15) is 17.1 Å². The van der Waals surface area contributed by atoms with Gasteiger partial charge in [-0.25, -0.2) is 0 Å². The van der Waals surface area contributed by atoms with Crippen LogP contribution in [0, 0.1) is 24.0 Å². The summed E-state index contributed by atoms with van der Waals surface area (Å²) in [6.07, 6.45) is 0. The molecule has 0 fully saturated rings. The lowest BCUT2D eigenvalue weighted by atomic mass is 10.1. The van der Waals surface area contributed by atoms with Gasteiger partial charge in [0, 0.05) is 11.3 Å². The van der Waals surface area contributed by atoms with E-state index in [1.54, 1.807) is 38.1 Å². The Morgan fingerprint density at radius 1 is 1.26 bits per heavy atom. The van der Waals surface area contributed by atoms with Crippen molar-refractivity contribution >= 4 is 28.9 Å². The second kappa shape index (κ2) is 9.09. The normalized spacial score (nSPS) is 10.9. The highest BCUT2D eigenvalue weighted by atomic mass is 35.5. The maximum absolute atomic E-state index is 12.4. The van der Waals surface area contributed by atoms with Gasteiger partial charge in [0.05, 0.1) is 16.5 Å². The first kappa shape index (κ1) is 22.2. The molecular formula is C20H17ClF2N4O4. The molecule has 3 aromatic rings. The van der Waals surface area contributed by atoms with Crippen LogP contribution in [-0.4, -0.2) is 27.2 Å². The molecule has 8 nitrogen and oxygen atoms in total. The number of alkyl halides is 2. The number of aromatic nitrogens is 2. The number of nitro groups is 1. The Balaban J connectivity index is 1.69. The topological polar surface area (TPSA) is 99.3 Å². The van der Waals surface area contributed by atoms with Crippen LogP contribution in [0.1, 0.15) is 27.3 Å². The smallest absolute Gasteiger partial charge is 0.387 e. The summed E-state index contributed by atoms with van der Waals surface area (Å²) in [6.45, 7) is 0.511. The van der Waals surface area contributed by atoms with Crippen molar-refractivity contribution in [3.63, 3.8) is 0 Å². The number of nitrogens with zero attached hydrogens (tertiary/aromatic N) is 3. The van der Waals surface area contributed by atoms with E-state index in [9.17, 15) is 23.7 Å². The first-order valence-electron chi connectivity index (χ1n) is 8.98. The average Bonchev–Trinajstić information content (AvgIpc) is 2.97. The number of hydrogen-bond acceptors (Lipinski definition) is 5. The van der Waals surface area contributed by atoms with E-state index in [-0.39, 0.29) is 16.5 Å². The summed E-state index contributed by atoms with van der Waals surface area (Å²) in [5.41, 5.74) is 2.23. The van der Waals surface area contributed by atoms with Crippen molar-refractivity contribution in [2.24, 2.45) is 0 Å². The predicted octanol–water partition coefficient (Wildman–Crippen LogP) is 4.96. The van der Waals surface area contributed by atoms with E-state index < -0.39 is 17.4 Å². The van der Waals surface area contributed by atoms with Gasteiger partial charge in [0.2, 0.25) is 0 Å². The fourth-order valence-corrected chi connectivity index (χ4v) is 3.24. The minimum atomic E-state index is -3.00. The molecule has 1 N–H and O–H groups in total. The summed E-state index contributed by atoms with van der Waals surface area (Å²) in [6, 6.07) is 10.6. The van der Waals surface area contributed by atoms with E-state index in [0.717, 1.165) is 5.56 Å². The maximum Gasteiger partial charge on any atom is 0.387 e. The van der Waals surface area contributed by atoms with Crippen LogP contribution in [0.25, 0.3) is 0 Å². The predicted molar refractivity (Wildman–Crippen MR) is 110 cm³/mol. The number of rotatable bonds is 7. The summed E-state index contributed by atoms with van der Waals surface area (Å²) in [7, 11) is 0. The van der Waals surface area contributed by atoms with Crippen LogP contribution in [0.15, 0.2) is 42.5 Å². The number of hydrogen-bond donors (Lipinski definition) is 1. The molecule has 3 rings (SSSR count). The zero-order valence-corrected chi connectivity index (χ0v) is 17.2. The number of halogens is 3. The van der Waals surface area contributed by atoms with E-state index in [1.165, 1.54) is 22.9 Å². The Bertz CT molecular complexity index is 1130. The van der Waals surface area contributed by atoms with Gasteiger partial charge in [-0.15, -0.1) is 0 Å². The van der Waals surface area contributed by atoms with E-state index in [1.807, 2.05) is 0 Å². The van der Waals surface area contributed by atoms with Crippen LogP contribution < -0.4 is 10.1 Å². The third-order valence-corrected chi connectivity index (χ3v) is 4.78. The number of benzene rings is 2. The fourth-order valence-electron chi connectivity index (χ4n) is 3.01. The molecule has 0 spiro atoms. The van der Waals surface area contributed by atoms with Crippen molar-refractivity contribution in [2.75, 3.05) is 5.32 Å². The average molecular weight is 451 g/mol. The molecule has 0 aliphatic heterocycles. The molecule has 1 aromatic heterocycles. The summed E-state index contributed by atoms with van der Waals surface area (Å²) in [5.74, 6) is -0.615. The standard InChI is InChI=1S/C20H17ClF2N4O4/c1-11-18(27(29)30)12(2)26(25-11)10-13-3-5-14(6-4-13)19(28)24-15-7-8-17(16(21)9-15)31-20(22)23/h3-9,20H,10H2,1-2H3,(H,24,28). The van der Waals surface area contributed by atoms with E-state index >= 15 is 0 Å². The number of ether oxygens (including phenoxy) is 1. The number of nitrogens with one attached hydrogen (secondary N) is 1. The minimum absolute atomic E-state index is 0.0142. The maximum atomic E-state index is 12.4. The van der Waals surface area contributed by atoms with Gasteiger partial charge in [-0.1, -0.05) is 23.7 Å². The van der Waals surface area contributed by atoms with Crippen molar-refractivity contribution < 1.29 is 23.2 Å². The van der Waals surface area contributed by atoms with Crippen LogP contribution in [-0.2, 0) is 6.54 Å². The molecule has 0 aliphatic rings. The van der Waals surface area contributed by atoms with Crippen molar-refractivity contribution in [3.8, 4) is 5.75 Å². The Morgan fingerprint density at radius 2 is 1.94 bits per heavy atom. The zero-order chi connectivity index (χ0) is 22.7. The summed E-state index contributed by atoms with van der Waals surface area (Å²) in [5, 5.41) is 17.9. The largest absolute Gasteiger partial charge is 0.433 e. The van der Waals surface area contributed by atoms with Crippen LogP contribution >= 0.6 is 11.6 Å². The molecule has 0 aliphatic carbocycles. The number of carbonyl (C=O) groups is 1. The zero-order valence-electron chi connectivity index (χ0n) is 16.4. The van der Waals surface area contributed by atoms with Gasteiger partial charge < -0.3 is 10.1 Å². The minimum Gasteiger partial charge on any atom is -0.433 e. The lowest BCUT2D eigenvalue weighted by Crippen LogP contribution is -2.12. The van der Waals surface area contributed by atoms with E-state index in [2.05, 4.69) is 15.2 Å². The second-order valence-electron chi connectivity index (χ2n) is 6.61. The highest BCUT2D eigenvalue weighted by Gasteiger charge is 2.21. The van der Waals surface area contributed by atoms with Crippen molar-refractivity contribution in [3.05, 3.63) is 80.1 Å². The fraction of sp³-hybridized carbons (Fsp3) is 0.200. The quantitative estimate of drug-likeness (QED) is 0.405. The Morgan fingerprint density at radius 3 is 2.48 bits per heavy atom. The molecule has 11 heteroatoms. The van der Waals surface area contributed by atoms with Crippen LogP contribution in [0.3, 0.4) is 0 Å². The molecule has 1 amide bonds. The lowest BCUT2D eigenvalue weighted by molar-refractivity contribution is -0.386. The molecule has 31 heavy (non-hydrogen) atoms. The Kier molecular flexibility index (Phi) is 6.50. The summed E-state index contributed by atoms with van der Waals surface area (Å²) >= 11 is 5.89. The van der Waals surface area contributed by atoms with Crippen molar-refractivity contribution in [1.82, 2.24) is 9.78 Å². The number of aryl methyl sites for hydroxylation is 1. The van der Waals surface area contributed by atoms with E-state index in [0.29, 0.717) is 29.2 Å². The van der Waals surface area contributed by atoms with Crippen LogP contribution in [0.4, 0.5) is 20.2 Å². The van der Waals surface area contributed by atoms with Gasteiger partial charge >= 0.3 is 12.3 Å². The molecule has 2 aromatic carbocycles. The van der Waals surface area contributed by atoms with Gasteiger partial charge in [-0.3, -0.25) is 19.6 Å².